The molecule has 0 aromatic carbocycles. The molecule has 0 bridgehead atoms. The average molecular weight is 266 g/mol. The molecule has 0 aromatic rings. The van der Waals surface area contributed by atoms with Crippen molar-refractivity contribution in [2.75, 3.05) is 6.61 Å². The molecule has 0 heterocycles. The molecule has 2 N–H and O–H groups in total. The Morgan fingerprint density at radius 1 is 1.53 bits per heavy atom. The van der Waals surface area contributed by atoms with Crippen molar-refractivity contribution < 1.29 is 15.0 Å². The molecule has 3 atom stereocenters. The molecule has 1 aliphatic carbocycles. The van der Waals surface area contributed by atoms with Crippen LogP contribution in [0.15, 0.2) is 24.3 Å². The molecular weight excluding hydrogens is 240 g/mol. The van der Waals surface area contributed by atoms with Gasteiger partial charge in [-0.25, -0.2) is 0 Å². The van der Waals surface area contributed by atoms with Crippen molar-refractivity contribution in [3.63, 3.8) is 0 Å². The maximum atomic E-state index is 10.9. The van der Waals surface area contributed by atoms with Crippen LogP contribution in [-0.2, 0) is 4.79 Å². The summed E-state index contributed by atoms with van der Waals surface area (Å²) in [7, 11) is 0. The number of rotatable bonds is 6. The molecule has 0 unspecified atom stereocenters. The number of carboxylic acids is 1. The van der Waals surface area contributed by atoms with Gasteiger partial charge in [0.05, 0.1) is 0 Å². The number of hydrogen-bond acceptors (Lipinski definition) is 2. The molecule has 0 spiro atoms. The van der Waals surface area contributed by atoms with Gasteiger partial charge in [0.25, 0.3) is 0 Å². The minimum atomic E-state index is -0.763. The number of aliphatic hydroxyl groups excluding tert-OH is 1. The summed E-state index contributed by atoms with van der Waals surface area (Å²) in [5.41, 5.74) is 2.12. The fourth-order valence-electron chi connectivity index (χ4n) is 3.74. The lowest BCUT2D eigenvalue weighted by Crippen LogP contribution is -2.41. The summed E-state index contributed by atoms with van der Waals surface area (Å²) in [5.74, 6) is -0.262. The van der Waals surface area contributed by atoms with Gasteiger partial charge < -0.3 is 10.2 Å². The van der Waals surface area contributed by atoms with Gasteiger partial charge in [-0.2, -0.15) is 0 Å². The first-order chi connectivity index (χ1) is 8.82. The molecule has 1 saturated carbocycles. The molecule has 0 aliphatic heterocycles. The summed E-state index contributed by atoms with van der Waals surface area (Å²) in [5, 5.41) is 18.3. The summed E-state index contributed by atoms with van der Waals surface area (Å²) in [6, 6.07) is 0. The molecule has 3 nitrogen and oxygen atoms in total. The van der Waals surface area contributed by atoms with Gasteiger partial charge in [0.15, 0.2) is 0 Å². The fraction of sp³-hybridized carbons (Fsp3) is 0.688. The van der Waals surface area contributed by atoms with Crippen molar-refractivity contribution in [3.8, 4) is 0 Å². The van der Waals surface area contributed by atoms with E-state index in [1.165, 1.54) is 0 Å². The molecule has 1 aliphatic rings. The highest BCUT2D eigenvalue weighted by molar-refractivity contribution is 5.66. The summed E-state index contributed by atoms with van der Waals surface area (Å²) >= 11 is 0. The van der Waals surface area contributed by atoms with E-state index in [-0.39, 0.29) is 24.4 Å². The number of hydrogen-bond donors (Lipinski definition) is 2. The Morgan fingerprint density at radius 2 is 2.16 bits per heavy atom. The average Bonchev–Trinajstić information content (AvgIpc) is 2.31. The predicted molar refractivity (Wildman–Crippen MR) is 76.8 cm³/mol. The van der Waals surface area contributed by atoms with E-state index in [4.69, 9.17) is 5.11 Å². The predicted octanol–water partition coefficient (Wildman–Crippen LogP) is 3.40. The van der Waals surface area contributed by atoms with Crippen LogP contribution in [0.25, 0.3) is 0 Å². The van der Waals surface area contributed by atoms with Crippen LogP contribution in [0.1, 0.15) is 46.0 Å². The Balaban J connectivity index is 3.04. The van der Waals surface area contributed by atoms with Crippen molar-refractivity contribution in [3.05, 3.63) is 24.3 Å². The fourth-order valence-corrected chi connectivity index (χ4v) is 3.74. The molecule has 19 heavy (non-hydrogen) atoms. The first kappa shape index (κ1) is 16.0. The van der Waals surface area contributed by atoms with E-state index in [1.54, 1.807) is 0 Å². The van der Waals surface area contributed by atoms with Crippen molar-refractivity contribution >= 4 is 5.97 Å². The van der Waals surface area contributed by atoms with Crippen LogP contribution in [0.5, 0.6) is 0 Å². The van der Waals surface area contributed by atoms with E-state index < -0.39 is 5.97 Å². The van der Waals surface area contributed by atoms with Crippen LogP contribution in [0, 0.1) is 17.3 Å². The van der Waals surface area contributed by atoms with Crippen molar-refractivity contribution in [1.82, 2.24) is 0 Å². The third-order valence-electron chi connectivity index (χ3n) is 4.73. The first-order valence-electron chi connectivity index (χ1n) is 6.98. The third-order valence-corrected chi connectivity index (χ3v) is 4.73. The van der Waals surface area contributed by atoms with Gasteiger partial charge in [-0.1, -0.05) is 31.2 Å². The largest absolute Gasteiger partial charge is 0.481 e. The van der Waals surface area contributed by atoms with Crippen LogP contribution in [0.3, 0.4) is 0 Å². The summed E-state index contributed by atoms with van der Waals surface area (Å²) in [6.07, 6.45) is 3.38. The quantitative estimate of drug-likeness (QED) is 0.724. The van der Waals surface area contributed by atoms with Crippen molar-refractivity contribution in [1.29, 1.82) is 0 Å². The van der Waals surface area contributed by atoms with Crippen LogP contribution in [-0.4, -0.2) is 22.8 Å². The maximum absolute atomic E-state index is 10.9. The highest BCUT2D eigenvalue weighted by atomic mass is 16.4. The topological polar surface area (TPSA) is 57.5 Å². The van der Waals surface area contributed by atoms with E-state index in [0.717, 1.165) is 24.0 Å². The van der Waals surface area contributed by atoms with Crippen LogP contribution in [0.4, 0.5) is 0 Å². The van der Waals surface area contributed by atoms with E-state index in [0.29, 0.717) is 18.8 Å². The molecule has 0 saturated heterocycles. The second-order valence-electron chi connectivity index (χ2n) is 6.06. The molecule has 1 fully saturated rings. The third kappa shape index (κ3) is 3.47. The highest BCUT2D eigenvalue weighted by Crippen LogP contribution is 2.53. The molecule has 108 valence electrons. The zero-order valence-corrected chi connectivity index (χ0v) is 12.1. The van der Waals surface area contributed by atoms with Crippen LogP contribution < -0.4 is 0 Å². The Bertz CT molecular complexity index is 372. The molecule has 1 rings (SSSR count). The van der Waals surface area contributed by atoms with Gasteiger partial charge in [-0.3, -0.25) is 4.79 Å². The minimum absolute atomic E-state index is 0.120. The zero-order chi connectivity index (χ0) is 14.6. The van der Waals surface area contributed by atoms with Gasteiger partial charge >= 0.3 is 5.97 Å². The van der Waals surface area contributed by atoms with E-state index in [1.807, 2.05) is 6.92 Å². The van der Waals surface area contributed by atoms with Gasteiger partial charge in [0.1, 0.15) is 0 Å². The normalized spacial score (nSPS) is 31.2. The SMILES string of the molecule is C=C(C)[C@@H]1CCC(=C)[C@H](CCO)[C@@]1(C)CCC(=O)O. The van der Waals surface area contributed by atoms with E-state index in [2.05, 4.69) is 20.1 Å². The Morgan fingerprint density at radius 3 is 2.63 bits per heavy atom. The van der Waals surface area contributed by atoms with E-state index in [9.17, 15) is 9.90 Å². The van der Waals surface area contributed by atoms with Crippen LogP contribution >= 0.6 is 0 Å². The second kappa shape index (κ2) is 6.38. The lowest BCUT2D eigenvalue weighted by atomic mass is 9.55. The molecule has 3 heteroatoms. The van der Waals surface area contributed by atoms with E-state index >= 15 is 0 Å². The van der Waals surface area contributed by atoms with Gasteiger partial charge in [0.2, 0.25) is 0 Å². The summed E-state index contributed by atoms with van der Waals surface area (Å²) in [6.45, 7) is 12.5. The molecule has 0 radical (unpaired) electrons. The number of allylic oxidation sites excluding steroid dienone is 2. The lowest BCUT2D eigenvalue weighted by molar-refractivity contribution is -0.138. The molecule has 0 amide bonds. The number of aliphatic carboxylic acids is 1. The molecule has 0 aromatic heterocycles. The first-order valence-corrected chi connectivity index (χ1v) is 6.98. The number of aliphatic hydroxyl groups is 1. The minimum Gasteiger partial charge on any atom is -0.481 e. The number of carboxylic acid groups (broad SMARTS) is 1. The van der Waals surface area contributed by atoms with Crippen molar-refractivity contribution in [2.45, 2.75) is 46.0 Å². The Labute approximate surface area is 116 Å². The summed E-state index contributed by atoms with van der Waals surface area (Å²) in [4.78, 5) is 10.9. The Hall–Kier alpha value is -1.09. The maximum Gasteiger partial charge on any atom is 0.303 e. The van der Waals surface area contributed by atoms with Gasteiger partial charge in [-0.15, -0.1) is 0 Å². The zero-order valence-electron chi connectivity index (χ0n) is 12.1. The second-order valence-corrected chi connectivity index (χ2v) is 6.06. The standard InChI is InChI=1S/C16H26O3/c1-11(2)13-6-5-12(3)14(8-10-17)16(13,4)9-7-15(18)19/h13-14,17H,1,3,5-10H2,2,4H3,(H,18,19)/t13-,14-,16-/m0/s1. The lowest BCUT2D eigenvalue weighted by Gasteiger charge is -2.49. The summed E-state index contributed by atoms with van der Waals surface area (Å²) < 4.78 is 0. The smallest absolute Gasteiger partial charge is 0.303 e. The van der Waals surface area contributed by atoms with Gasteiger partial charge in [-0.05, 0) is 49.9 Å². The molecular formula is C16H26O3. The van der Waals surface area contributed by atoms with Crippen LogP contribution in [0.2, 0.25) is 0 Å². The highest BCUT2D eigenvalue weighted by Gasteiger charge is 2.45. The van der Waals surface area contributed by atoms with Crippen molar-refractivity contribution in [2.24, 2.45) is 17.3 Å². The monoisotopic (exact) mass is 266 g/mol. The Kier molecular flexibility index (Phi) is 5.36. The number of carbonyl (C=O) groups is 1. The van der Waals surface area contributed by atoms with Gasteiger partial charge in [0, 0.05) is 13.0 Å².